The molecule has 0 spiro atoms. The van der Waals surface area contributed by atoms with E-state index in [1.54, 1.807) is 54.2 Å². The van der Waals surface area contributed by atoms with Crippen molar-refractivity contribution in [1.82, 2.24) is 4.98 Å². The van der Waals surface area contributed by atoms with E-state index in [-0.39, 0.29) is 11.6 Å². The van der Waals surface area contributed by atoms with Crippen LogP contribution in [0.5, 0.6) is 0 Å². The highest BCUT2D eigenvalue weighted by Crippen LogP contribution is 2.21. The lowest BCUT2D eigenvalue weighted by molar-refractivity contribution is -0.384. The summed E-state index contributed by atoms with van der Waals surface area (Å²) in [4.78, 5) is 30.9. The van der Waals surface area contributed by atoms with Gasteiger partial charge < -0.3 is 0 Å². The van der Waals surface area contributed by atoms with Crippen molar-refractivity contribution in [2.24, 2.45) is 4.99 Å². The van der Waals surface area contributed by atoms with E-state index in [0.717, 1.165) is 0 Å². The van der Waals surface area contributed by atoms with Crippen LogP contribution in [0.1, 0.15) is 15.9 Å². The van der Waals surface area contributed by atoms with E-state index in [2.05, 4.69) is 15.3 Å². The second-order valence-corrected chi connectivity index (χ2v) is 5.81. The molecule has 1 amide bonds. The molecule has 3 rings (SSSR count). The van der Waals surface area contributed by atoms with E-state index < -0.39 is 4.92 Å². The maximum absolute atomic E-state index is 12.4. The number of rotatable bonds is 5. The molecule has 0 atom stereocenters. The van der Waals surface area contributed by atoms with E-state index >= 15 is 0 Å². The molecule has 2 aromatic carbocycles. The van der Waals surface area contributed by atoms with Crippen LogP contribution in [0.15, 0.2) is 65.1 Å². The van der Waals surface area contributed by atoms with Crippen molar-refractivity contribution in [3.05, 3.63) is 81.3 Å². The summed E-state index contributed by atoms with van der Waals surface area (Å²) in [5.74, 6) is -0.300. The number of carbonyl (C=O) groups is 1. The van der Waals surface area contributed by atoms with Crippen LogP contribution in [-0.4, -0.2) is 22.0 Å². The van der Waals surface area contributed by atoms with Crippen molar-refractivity contribution in [2.75, 3.05) is 5.32 Å². The van der Waals surface area contributed by atoms with Gasteiger partial charge in [-0.2, -0.15) is 0 Å². The summed E-state index contributed by atoms with van der Waals surface area (Å²) in [6, 6.07) is 12.9. The molecule has 0 bridgehead atoms. The van der Waals surface area contributed by atoms with E-state index in [1.165, 1.54) is 23.5 Å². The molecule has 0 fully saturated rings. The molecule has 0 radical (unpaired) electrons. The number of hydrogen-bond donors (Lipinski definition) is 1. The molecule has 1 N–H and O–H groups in total. The number of aromatic nitrogens is 1. The minimum Gasteiger partial charge on any atom is -0.298 e. The molecular formula is C17H12N4O3S. The van der Waals surface area contributed by atoms with Crippen molar-refractivity contribution in [3.8, 4) is 0 Å². The molecule has 0 aliphatic carbocycles. The molecule has 25 heavy (non-hydrogen) atoms. The highest BCUT2D eigenvalue weighted by Gasteiger charge is 2.11. The van der Waals surface area contributed by atoms with Crippen LogP contribution in [0.2, 0.25) is 0 Å². The first-order valence-corrected chi connectivity index (χ1v) is 8.10. The predicted octanol–water partition coefficient (Wildman–Crippen LogP) is 4.05. The fraction of sp³-hybridized carbons (Fsp3) is 0. The number of nitrogens with one attached hydrogen (secondary N) is 1. The van der Waals surface area contributed by atoms with Crippen molar-refractivity contribution in [3.63, 3.8) is 0 Å². The number of amides is 1. The molecule has 1 heterocycles. The minimum atomic E-state index is -0.459. The summed E-state index contributed by atoms with van der Waals surface area (Å²) in [7, 11) is 0. The van der Waals surface area contributed by atoms with Gasteiger partial charge in [-0.15, -0.1) is 11.3 Å². The largest absolute Gasteiger partial charge is 0.298 e. The standard InChI is InChI=1S/C17H12N4O3S/c22-16(20-17-18-9-10-25-17)14-3-1-2-4-15(14)19-11-12-5-7-13(8-6-12)21(23)24/h1-11H,(H,18,20,22). The number of thiazole rings is 1. The molecular weight excluding hydrogens is 340 g/mol. The zero-order chi connectivity index (χ0) is 17.6. The molecule has 0 aliphatic heterocycles. The van der Waals surface area contributed by atoms with Crippen LogP contribution in [0.4, 0.5) is 16.5 Å². The second kappa shape index (κ2) is 7.45. The van der Waals surface area contributed by atoms with Crippen LogP contribution in [0, 0.1) is 10.1 Å². The molecule has 8 heteroatoms. The van der Waals surface area contributed by atoms with Crippen LogP contribution < -0.4 is 5.32 Å². The Labute approximate surface area is 146 Å². The first-order valence-electron chi connectivity index (χ1n) is 7.22. The Kier molecular flexibility index (Phi) is 4.91. The molecule has 0 unspecified atom stereocenters. The number of benzene rings is 2. The third-order valence-corrected chi connectivity index (χ3v) is 3.95. The number of nitro groups is 1. The Hall–Kier alpha value is -3.39. The van der Waals surface area contributed by atoms with E-state index in [1.807, 2.05) is 0 Å². The fourth-order valence-corrected chi connectivity index (χ4v) is 2.58. The van der Waals surface area contributed by atoms with Gasteiger partial charge in [-0.3, -0.25) is 25.2 Å². The average Bonchev–Trinajstić information content (AvgIpc) is 3.13. The fourth-order valence-electron chi connectivity index (χ4n) is 2.05. The quantitative estimate of drug-likeness (QED) is 0.425. The second-order valence-electron chi connectivity index (χ2n) is 4.92. The van der Waals surface area contributed by atoms with Crippen molar-refractivity contribution in [2.45, 2.75) is 0 Å². The summed E-state index contributed by atoms with van der Waals surface area (Å²) in [5.41, 5.74) is 1.62. The van der Waals surface area contributed by atoms with Gasteiger partial charge in [0.2, 0.25) is 0 Å². The molecule has 0 saturated heterocycles. The normalized spacial score (nSPS) is 10.7. The number of carbonyl (C=O) groups excluding carboxylic acids is 1. The van der Waals surface area contributed by atoms with Gasteiger partial charge in [-0.25, -0.2) is 4.98 Å². The highest BCUT2D eigenvalue weighted by atomic mass is 32.1. The number of aliphatic imine (C=N–C) groups is 1. The maximum Gasteiger partial charge on any atom is 0.269 e. The van der Waals surface area contributed by atoms with Gasteiger partial charge >= 0.3 is 0 Å². The Morgan fingerprint density at radius 2 is 1.96 bits per heavy atom. The zero-order valence-electron chi connectivity index (χ0n) is 12.8. The highest BCUT2D eigenvalue weighted by molar-refractivity contribution is 7.13. The van der Waals surface area contributed by atoms with Gasteiger partial charge in [0.1, 0.15) is 0 Å². The monoisotopic (exact) mass is 352 g/mol. The summed E-state index contributed by atoms with van der Waals surface area (Å²) in [6.45, 7) is 0. The van der Waals surface area contributed by atoms with E-state index in [4.69, 9.17) is 0 Å². The third-order valence-electron chi connectivity index (χ3n) is 3.26. The Morgan fingerprint density at radius 1 is 1.20 bits per heavy atom. The van der Waals surface area contributed by atoms with Gasteiger partial charge in [-0.05, 0) is 29.8 Å². The summed E-state index contributed by atoms with van der Waals surface area (Å²) < 4.78 is 0. The van der Waals surface area contributed by atoms with E-state index in [9.17, 15) is 14.9 Å². The first kappa shape index (κ1) is 16.5. The Morgan fingerprint density at radius 3 is 2.64 bits per heavy atom. The Bertz CT molecular complexity index is 921. The zero-order valence-corrected chi connectivity index (χ0v) is 13.6. The number of non-ortho nitro benzene ring substituents is 1. The van der Waals surface area contributed by atoms with Gasteiger partial charge in [0.15, 0.2) is 5.13 Å². The van der Waals surface area contributed by atoms with Crippen molar-refractivity contribution >= 4 is 40.0 Å². The van der Waals surface area contributed by atoms with E-state index in [0.29, 0.717) is 21.9 Å². The average molecular weight is 352 g/mol. The molecule has 1 aromatic heterocycles. The molecule has 0 saturated carbocycles. The summed E-state index contributed by atoms with van der Waals surface area (Å²) in [6.07, 6.45) is 3.16. The summed E-state index contributed by atoms with van der Waals surface area (Å²) in [5, 5.41) is 15.7. The minimum absolute atomic E-state index is 0.0142. The van der Waals surface area contributed by atoms with Crippen LogP contribution in [0.3, 0.4) is 0 Å². The molecule has 0 aliphatic rings. The number of nitro benzene ring substituents is 1. The van der Waals surface area contributed by atoms with Gasteiger partial charge in [0.25, 0.3) is 11.6 Å². The SMILES string of the molecule is O=C(Nc1nccs1)c1ccccc1N=Cc1ccc([N+](=O)[O-])cc1. The lowest BCUT2D eigenvalue weighted by Gasteiger charge is -2.05. The van der Waals surface area contributed by atoms with Crippen LogP contribution in [0.25, 0.3) is 0 Å². The number of hydrogen-bond acceptors (Lipinski definition) is 6. The van der Waals surface area contributed by atoms with Gasteiger partial charge in [0, 0.05) is 29.9 Å². The first-order chi connectivity index (χ1) is 12.1. The lowest BCUT2D eigenvalue weighted by Crippen LogP contribution is -2.11. The van der Waals surface area contributed by atoms with Crippen LogP contribution >= 0.6 is 11.3 Å². The van der Waals surface area contributed by atoms with Crippen molar-refractivity contribution < 1.29 is 9.72 Å². The van der Waals surface area contributed by atoms with Crippen LogP contribution in [-0.2, 0) is 0 Å². The number of para-hydroxylation sites is 1. The number of anilines is 1. The topological polar surface area (TPSA) is 97.5 Å². The lowest BCUT2D eigenvalue weighted by atomic mass is 10.1. The predicted molar refractivity (Wildman–Crippen MR) is 96.9 cm³/mol. The molecule has 3 aromatic rings. The summed E-state index contributed by atoms with van der Waals surface area (Å²) >= 11 is 1.33. The Balaban J connectivity index is 1.80. The third kappa shape index (κ3) is 4.12. The van der Waals surface area contributed by atoms with Crippen molar-refractivity contribution in [1.29, 1.82) is 0 Å². The molecule has 7 nitrogen and oxygen atoms in total. The van der Waals surface area contributed by atoms with Gasteiger partial charge in [-0.1, -0.05) is 12.1 Å². The smallest absolute Gasteiger partial charge is 0.269 e. The number of nitrogens with zero attached hydrogens (tertiary/aromatic N) is 3. The maximum atomic E-state index is 12.4. The van der Waals surface area contributed by atoms with Gasteiger partial charge in [0.05, 0.1) is 16.2 Å². The molecule has 124 valence electrons.